The van der Waals surface area contributed by atoms with Crippen LogP contribution in [0.15, 0.2) is 0 Å². The van der Waals surface area contributed by atoms with Crippen molar-refractivity contribution in [1.82, 2.24) is 0 Å². The molecule has 1 saturated carbocycles. The van der Waals surface area contributed by atoms with Crippen LogP contribution in [0, 0.1) is 10.8 Å². The van der Waals surface area contributed by atoms with Gasteiger partial charge < -0.3 is 9.84 Å². The summed E-state index contributed by atoms with van der Waals surface area (Å²) in [4.78, 5) is 11.6. The summed E-state index contributed by atoms with van der Waals surface area (Å²) in [6.45, 7) is 3.38. The number of carbonyl (C=O) groups is 1. The Bertz CT molecular complexity index is 244. The Morgan fingerprint density at radius 3 is 2.20 bits per heavy atom. The van der Waals surface area contributed by atoms with Crippen molar-refractivity contribution in [3.05, 3.63) is 0 Å². The van der Waals surface area contributed by atoms with E-state index in [1.807, 2.05) is 0 Å². The topological polar surface area (TPSA) is 46.5 Å². The zero-order valence-electron chi connectivity index (χ0n) is 9.42. The normalized spacial score (nSPS) is 28.1. The Labute approximate surface area is 90.8 Å². The van der Waals surface area contributed by atoms with Crippen molar-refractivity contribution >= 4 is 5.97 Å². The van der Waals surface area contributed by atoms with Gasteiger partial charge >= 0.3 is 5.97 Å². The molecular formula is C12H20O3. The molecule has 3 heteroatoms. The number of ether oxygens (including phenoxy) is 1. The second-order valence-electron chi connectivity index (χ2n) is 4.99. The second-order valence-corrected chi connectivity index (χ2v) is 4.99. The van der Waals surface area contributed by atoms with Gasteiger partial charge in [-0.15, -0.1) is 0 Å². The summed E-state index contributed by atoms with van der Waals surface area (Å²) in [6, 6.07) is 0. The average molecular weight is 212 g/mol. The molecule has 0 spiro atoms. The van der Waals surface area contributed by atoms with Gasteiger partial charge in [0.1, 0.15) is 0 Å². The van der Waals surface area contributed by atoms with Crippen LogP contribution in [0.25, 0.3) is 0 Å². The quantitative estimate of drug-likeness (QED) is 0.781. The van der Waals surface area contributed by atoms with Crippen molar-refractivity contribution in [2.45, 2.75) is 45.4 Å². The lowest BCUT2D eigenvalue weighted by molar-refractivity contribution is -0.179. The fourth-order valence-corrected chi connectivity index (χ4v) is 3.46. The Hall–Kier alpha value is -0.570. The minimum Gasteiger partial charge on any atom is -0.481 e. The summed E-state index contributed by atoms with van der Waals surface area (Å²) in [7, 11) is 0. The first-order valence-corrected chi connectivity index (χ1v) is 5.98. The number of hydrogen-bond donors (Lipinski definition) is 1. The molecule has 0 aromatic rings. The first kappa shape index (κ1) is 10.9. The van der Waals surface area contributed by atoms with E-state index < -0.39 is 11.4 Å². The van der Waals surface area contributed by atoms with E-state index in [0.717, 1.165) is 19.3 Å². The fourth-order valence-electron chi connectivity index (χ4n) is 3.46. The highest BCUT2D eigenvalue weighted by atomic mass is 16.5. The molecule has 0 radical (unpaired) electrons. The van der Waals surface area contributed by atoms with Crippen molar-refractivity contribution in [1.29, 1.82) is 0 Å². The summed E-state index contributed by atoms with van der Waals surface area (Å²) in [6.07, 6.45) is 5.79. The average Bonchev–Trinajstić information content (AvgIpc) is 2.18. The largest absolute Gasteiger partial charge is 0.481 e. The lowest BCUT2D eigenvalue weighted by atomic mass is 9.49. The van der Waals surface area contributed by atoms with Crippen LogP contribution in [-0.4, -0.2) is 24.3 Å². The number of rotatable bonds is 3. The molecule has 86 valence electrons. The molecule has 0 unspecified atom stereocenters. The molecule has 0 atom stereocenters. The van der Waals surface area contributed by atoms with Crippen molar-refractivity contribution < 1.29 is 14.6 Å². The smallest absolute Gasteiger partial charge is 0.310 e. The van der Waals surface area contributed by atoms with Gasteiger partial charge in [-0.3, -0.25) is 4.79 Å². The first-order valence-electron chi connectivity index (χ1n) is 5.98. The lowest BCUT2D eigenvalue weighted by Crippen LogP contribution is -2.54. The van der Waals surface area contributed by atoms with Gasteiger partial charge in [-0.2, -0.15) is 0 Å². The van der Waals surface area contributed by atoms with E-state index in [4.69, 9.17) is 4.74 Å². The highest BCUT2D eigenvalue weighted by Gasteiger charge is 2.58. The van der Waals surface area contributed by atoms with Crippen LogP contribution >= 0.6 is 0 Å². The van der Waals surface area contributed by atoms with Gasteiger partial charge in [-0.25, -0.2) is 0 Å². The van der Waals surface area contributed by atoms with E-state index in [1.54, 1.807) is 0 Å². The molecule has 0 aromatic carbocycles. The lowest BCUT2D eigenvalue weighted by Gasteiger charge is -2.55. The number of hydrogen-bond acceptors (Lipinski definition) is 2. The number of aliphatic carboxylic acids is 1. The Balaban J connectivity index is 2.28. The maximum Gasteiger partial charge on any atom is 0.310 e. The summed E-state index contributed by atoms with van der Waals surface area (Å²) < 4.78 is 5.32. The molecular weight excluding hydrogens is 192 g/mol. The van der Waals surface area contributed by atoms with Crippen LogP contribution in [0.5, 0.6) is 0 Å². The number of carboxylic acids is 1. The van der Waals surface area contributed by atoms with Crippen molar-refractivity contribution in [3.63, 3.8) is 0 Å². The van der Waals surface area contributed by atoms with Crippen LogP contribution in [0.1, 0.15) is 45.4 Å². The van der Waals surface area contributed by atoms with Crippen molar-refractivity contribution in [2.24, 2.45) is 10.8 Å². The van der Waals surface area contributed by atoms with Crippen LogP contribution in [0.3, 0.4) is 0 Å². The predicted octanol–water partition coefficient (Wildman–Crippen LogP) is 2.45. The van der Waals surface area contributed by atoms with E-state index in [1.165, 1.54) is 6.42 Å². The molecule has 1 heterocycles. The molecule has 3 nitrogen and oxygen atoms in total. The fraction of sp³-hybridized carbons (Fsp3) is 0.917. The molecule has 2 fully saturated rings. The van der Waals surface area contributed by atoms with Gasteiger partial charge in [-0.1, -0.05) is 13.3 Å². The van der Waals surface area contributed by atoms with Crippen LogP contribution < -0.4 is 0 Å². The zero-order chi connectivity index (χ0) is 10.9. The third-order valence-corrected chi connectivity index (χ3v) is 4.76. The zero-order valence-corrected chi connectivity index (χ0v) is 9.42. The summed E-state index contributed by atoms with van der Waals surface area (Å²) in [5.41, 5.74) is -0.416. The third kappa shape index (κ3) is 1.40. The molecule has 2 rings (SSSR count). The third-order valence-electron chi connectivity index (χ3n) is 4.76. The molecule has 0 aromatic heterocycles. The summed E-state index contributed by atoms with van der Waals surface area (Å²) in [5, 5.41) is 9.56. The Morgan fingerprint density at radius 1 is 1.27 bits per heavy atom. The van der Waals surface area contributed by atoms with Gasteiger partial charge in [0.25, 0.3) is 0 Å². The van der Waals surface area contributed by atoms with Gasteiger partial charge in [0, 0.05) is 13.2 Å². The maximum absolute atomic E-state index is 11.6. The summed E-state index contributed by atoms with van der Waals surface area (Å²) >= 11 is 0. The minimum atomic E-state index is -0.590. The monoisotopic (exact) mass is 212 g/mol. The first-order chi connectivity index (χ1) is 7.17. The van der Waals surface area contributed by atoms with E-state index in [2.05, 4.69) is 6.92 Å². The van der Waals surface area contributed by atoms with Crippen molar-refractivity contribution in [3.8, 4) is 0 Å². The van der Waals surface area contributed by atoms with Crippen molar-refractivity contribution in [2.75, 3.05) is 13.2 Å². The molecule has 2 aliphatic rings. The van der Waals surface area contributed by atoms with Gasteiger partial charge in [0.2, 0.25) is 0 Å². The van der Waals surface area contributed by atoms with E-state index in [9.17, 15) is 9.90 Å². The van der Waals surface area contributed by atoms with E-state index in [-0.39, 0.29) is 5.41 Å². The van der Waals surface area contributed by atoms with E-state index >= 15 is 0 Å². The highest BCUT2D eigenvalue weighted by molar-refractivity contribution is 5.76. The molecule has 1 N–H and O–H groups in total. The SMILES string of the molecule is CCC1(C2(C(=O)O)CCOCC2)CCC1. The van der Waals surface area contributed by atoms with Crippen LogP contribution in [0.2, 0.25) is 0 Å². The van der Waals surface area contributed by atoms with Gasteiger partial charge in [0.05, 0.1) is 5.41 Å². The van der Waals surface area contributed by atoms with Crippen LogP contribution in [-0.2, 0) is 9.53 Å². The highest BCUT2D eigenvalue weighted by Crippen LogP contribution is 2.60. The molecule has 1 aliphatic carbocycles. The van der Waals surface area contributed by atoms with Crippen LogP contribution in [0.4, 0.5) is 0 Å². The Morgan fingerprint density at radius 2 is 1.87 bits per heavy atom. The van der Waals surface area contributed by atoms with Gasteiger partial charge in [0.15, 0.2) is 0 Å². The summed E-state index contributed by atoms with van der Waals surface area (Å²) in [5.74, 6) is -0.590. The standard InChI is InChI=1S/C12H20O3/c1-2-11(4-3-5-11)12(10(13)14)6-8-15-9-7-12/h2-9H2,1H3,(H,13,14). The molecule has 0 amide bonds. The molecule has 15 heavy (non-hydrogen) atoms. The maximum atomic E-state index is 11.6. The predicted molar refractivity (Wildman–Crippen MR) is 56.7 cm³/mol. The molecule has 1 saturated heterocycles. The number of carboxylic acid groups (broad SMARTS) is 1. The molecule has 1 aliphatic heterocycles. The Kier molecular flexibility index (Phi) is 2.75. The second kappa shape index (κ2) is 3.78. The van der Waals surface area contributed by atoms with Gasteiger partial charge in [-0.05, 0) is 37.5 Å². The van der Waals surface area contributed by atoms with E-state index in [0.29, 0.717) is 26.1 Å². The minimum absolute atomic E-state index is 0.0720. The molecule has 0 bridgehead atoms.